The number of rotatable bonds is 2. The molecule has 0 saturated carbocycles. The van der Waals surface area contributed by atoms with Crippen molar-refractivity contribution >= 4 is 21.6 Å². The molecule has 1 heterocycles. The van der Waals surface area contributed by atoms with Crippen molar-refractivity contribution < 1.29 is 5.11 Å². The summed E-state index contributed by atoms with van der Waals surface area (Å²) in [5.41, 5.74) is 8.13. The summed E-state index contributed by atoms with van der Waals surface area (Å²) in [4.78, 5) is 2.31. The van der Waals surface area contributed by atoms with E-state index in [4.69, 9.17) is 5.73 Å². The van der Waals surface area contributed by atoms with Gasteiger partial charge in [0.15, 0.2) is 0 Å². The summed E-state index contributed by atoms with van der Waals surface area (Å²) in [6.07, 6.45) is 1.55. The van der Waals surface area contributed by atoms with Crippen LogP contribution < -0.4 is 10.6 Å². The number of hydrogen-bond acceptors (Lipinski definition) is 3. The highest BCUT2D eigenvalue weighted by Crippen LogP contribution is 2.29. The van der Waals surface area contributed by atoms with E-state index >= 15 is 0 Å². The lowest BCUT2D eigenvalue weighted by Crippen LogP contribution is -2.36. The van der Waals surface area contributed by atoms with Gasteiger partial charge < -0.3 is 15.7 Å². The Morgan fingerprint density at radius 2 is 2.06 bits per heavy atom. The monoisotopic (exact) mass is 284 g/mol. The lowest BCUT2D eigenvalue weighted by Gasteiger charge is -2.33. The van der Waals surface area contributed by atoms with Crippen molar-refractivity contribution in [2.75, 3.05) is 18.0 Å². The van der Waals surface area contributed by atoms with Gasteiger partial charge in [-0.05, 0) is 25.0 Å². The van der Waals surface area contributed by atoms with Crippen LogP contribution >= 0.6 is 15.9 Å². The Balaban J connectivity index is 2.23. The van der Waals surface area contributed by atoms with E-state index in [1.54, 1.807) is 0 Å². The van der Waals surface area contributed by atoms with Crippen molar-refractivity contribution in [3.8, 4) is 0 Å². The molecule has 4 heteroatoms. The van der Waals surface area contributed by atoms with Crippen LogP contribution in [0.25, 0.3) is 0 Å². The van der Waals surface area contributed by atoms with Crippen LogP contribution in [-0.4, -0.2) is 24.3 Å². The predicted octanol–water partition coefficient (Wildman–Crippen LogP) is 1.87. The fourth-order valence-corrected chi connectivity index (χ4v) is 2.67. The van der Waals surface area contributed by atoms with Gasteiger partial charge in [0.05, 0.1) is 6.10 Å². The van der Waals surface area contributed by atoms with Gasteiger partial charge in [-0.15, -0.1) is 0 Å². The second-order valence-corrected chi connectivity index (χ2v) is 5.01. The summed E-state index contributed by atoms with van der Waals surface area (Å²) in [6, 6.07) is 6.15. The summed E-state index contributed by atoms with van der Waals surface area (Å²) in [7, 11) is 0. The van der Waals surface area contributed by atoms with Gasteiger partial charge >= 0.3 is 0 Å². The van der Waals surface area contributed by atoms with Crippen molar-refractivity contribution in [2.45, 2.75) is 25.5 Å². The molecule has 0 amide bonds. The molecule has 3 N–H and O–H groups in total. The minimum absolute atomic E-state index is 0.135. The molecule has 0 radical (unpaired) electrons. The lowest BCUT2D eigenvalue weighted by molar-refractivity contribution is 0.145. The second-order valence-electron chi connectivity index (χ2n) is 4.16. The number of nitrogens with zero attached hydrogens (tertiary/aromatic N) is 1. The van der Waals surface area contributed by atoms with E-state index in [0.717, 1.165) is 36.0 Å². The van der Waals surface area contributed by atoms with Gasteiger partial charge in [-0.3, -0.25) is 0 Å². The first kappa shape index (κ1) is 11.9. The summed E-state index contributed by atoms with van der Waals surface area (Å²) in [5.74, 6) is 0. The minimum atomic E-state index is -0.135. The Morgan fingerprint density at radius 3 is 2.69 bits per heavy atom. The zero-order valence-electron chi connectivity index (χ0n) is 9.19. The fourth-order valence-electron chi connectivity index (χ4n) is 2.15. The molecule has 1 aromatic carbocycles. The molecule has 1 saturated heterocycles. The van der Waals surface area contributed by atoms with Gasteiger partial charge in [-0.25, -0.2) is 0 Å². The van der Waals surface area contributed by atoms with Crippen LogP contribution in [-0.2, 0) is 6.54 Å². The van der Waals surface area contributed by atoms with Crippen molar-refractivity contribution in [3.05, 3.63) is 28.2 Å². The van der Waals surface area contributed by atoms with Crippen LogP contribution in [0.2, 0.25) is 0 Å². The molecular weight excluding hydrogens is 268 g/mol. The van der Waals surface area contributed by atoms with Crippen LogP contribution in [0.1, 0.15) is 18.4 Å². The molecule has 0 aromatic heterocycles. The van der Waals surface area contributed by atoms with Gasteiger partial charge in [-0.2, -0.15) is 0 Å². The van der Waals surface area contributed by atoms with E-state index in [1.807, 2.05) is 12.1 Å². The van der Waals surface area contributed by atoms with E-state index in [1.165, 1.54) is 5.69 Å². The summed E-state index contributed by atoms with van der Waals surface area (Å²) < 4.78 is 1.07. The first-order valence-corrected chi connectivity index (χ1v) is 6.42. The number of piperidine rings is 1. The van der Waals surface area contributed by atoms with Crippen LogP contribution in [0.4, 0.5) is 5.69 Å². The molecule has 0 bridgehead atoms. The summed E-state index contributed by atoms with van der Waals surface area (Å²) >= 11 is 3.53. The van der Waals surface area contributed by atoms with Crippen molar-refractivity contribution in [2.24, 2.45) is 5.73 Å². The number of aliphatic hydroxyl groups excluding tert-OH is 1. The number of hydrogen-bond donors (Lipinski definition) is 2. The normalized spacial score (nSPS) is 17.8. The van der Waals surface area contributed by atoms with Crippen LogP contribution in [0.5, 0.6) is 0 Å². The zero-order chi connectivity index (χ0) is 11.5. The number of aliphatic hydroxyl groups is 1. The third-order valence-corrected chi connectivity index (χ3v) is 3.85. The van der Waals surface area contributed by atoms with Crippen LogP contribution in [0.3, 0.4) is 0 Å². The smallest absolute Gasteiger partial charge is 0.0574 e. The minimum Gasteiger partial charge on any atom is -0.393 e. The molecule has 0 aliphatic carbocycles. The average molecular weight is 285 g/mol. The highest BCUT2D eigenvalue weighted by atomic mass is 79.9. The topological polar surface area (TPSA) is 49.5 Å². The van der Waals surface area contributed by atoms with E-state index in [2.05, 4.69) is 26.9 Å². The Labute approximate surface area is 104 Å². The standard InChI is InChI=1S/C12H17BrN2O/c13-11-2-1-3-12(10(11)8-14)15-6-4-9(16)5-7-15/h1-3,9,16H,4-8,14H2. The second kappa shape index (κ2) is 5.17. The predicted molar refractivity (Wildman–Crippen MR) is 69.5 cm³/mol. The molecule has 16 heavy (non-hydrogen) atoms. The van der Waals surface area contributed by atoms with Gasteiger partial charge in [0.25, 0.3) is 0 Å². The Kier molecular flexibility index (Phi) is 3.84. The lowest BCUT2D eigenvalue weighted by atomic mass is 10.1. The molecule has 1 aliphatic rings. The van der Waals surface area contributed by atoms with E-state index in [0.29, 0.717) is 6.54 Å². The molecule has 1 fully saturated rings. The number of anilines is 1. The maximum atomic E-state index is 9.49. The van der Waals surface area contributed by atoms with Crippen molar-refractivity contribution in [3.63, 3.8) is 0 Å². The van der Waals surface area contributed by atoms with Gasteiger partial charge in [0.2, 0.25) is 0 Å². The maximum Gasteiger partial charge on any atom is 0.0574 e. The van der Waals surface area contributed by atoms with Crippen molar-refractivity contribution in [1.29, 1.82) is 0 Å². The number of benzene rings is 1. The van der Waals surface area contributed by atoms with Gasteiger partial charge in [0, 0.05) is 35.4 Å². The summed E-state index contributed by atoms with van der Waals surface area (Å²) in [5, 5.41) is 9.49. The number of nitrogens with two attached hydrogens (primary N) is 1. The quantitative estimate of drug-likeness (QED) is 0.872. The molecule has 1 aliphatic heterocycles. The molecule has 0 spiro atoms. The molecule has 1 aromatic rings. The largest absolute Gasteiger partial charge is 0.393 e. The Morgan fingerprint density at radius 1 is 1.38 bits per heavy atom. The van der Waals surface area contributed by atoms with Gasteiger partial charge in [0.1, 0.15) is 0 Å². The van der Waals surface area contributed by atoms with Gasteiger partial charge in [-0.1, -0.05) is 22.0 Å². The Bertz CT molecular complexity index is 362. The SMILES string of the molecule is NCc1c(Br)cccc1N1CCC(O)CC1. The van der Waals surface area contributed by atoms with Crippen LogP contribution in [0.15, 0.2) is 22.7 Å². The zero-order valence-corrected chi connectivity index (χ0v) is 10.8. The van der Waals surface area contributed by atoms with E-state index in [-0.39, 0.29) is 6.10 Å². The van der Waals surface area contributed by atoms with Crippen molar-refractivity contribution in [1.82, 2.24) is 0 Å². The maximum absolute atomic E-state index is 9.49. The molecule has 0 unspecified atom stereocenters. The van der Waals surface area contributed by atoms with E-state index < -0.39 is 0 Å². The molecule has 3 nitrogen and oxygen atoms in total. The third kappa shape index (κ3) is 2.39. The fraction of sp³-hybridized carbons (Fsp3) is 0.500. The molecular formula is C12H17BrN2O. The first-order chi connectivity index (χ1) is 7.72. The molecule has 0 atom stereocenters. The number of halogens is 1. The average Bonchev–Trinajstić information content (AvgIpc) is 2.30. The first-order valence-electron chi connectivity index (χ1n) is 5.63. The highest BCUT2D eigenvalue weighted by molar-refractivity contribution is 9.10. The summed E-state index contributed by atoms with van der Waals surface area (Å²) in [6.45, 7) is 2.35. The molecule has 2 rings (SSSR count). The third-order valence-electron chi connectivity index (χ3n) is 3.10. The molecule has 88 valence electrons. The Hall–Kier alpha value is -0.580. The van der Waals surface area contributed by atoms with Crippen LogP contribution in [0, 0.1) is 0 Å². The van der Waals surface area contributed by atoms with E-state index in [9.17, 15) is 5.11 Å². The highest BCUT2D eigenvalue weighted by Gasteiger charge is 2.19.